The average Bonchev–Trinajstić information content (AvgIpc) is 2.79. The molecule has 1 fully saturated rings. The number of nitrogens with zero attached hydrogens (tertiary/aromatic N) is 1. The van der Waals surface area contributed by atoms with Crippen LogP contribution in [0.1, 0.15) is 42.8 Å². The molecular formula is C26H26F2N2O4. The van der Waals surface area contributed by atoms with Gasteiger partial charge in [0.05, 0.1) is 24.4 Å². The minimum absolute atomic E-state index is 0.155. The number of carbonyl (C=O) groups excluding carboxylic acids is 2. The molecular weight excluding hydrogens is 442 g/mol. The van der Waals surface area contributed by atoms with Crippen molar-refractivity contribution in [3.05, 3.63) is 77.4 Å². The van der Waals surface area contributed by atoms with Crippen LogP contribution in [0.2, 0.25) is 0 Å². The van der Waals surface area contributed by atoms with E-state index in [1.165, 1.54) is 6.07 Å². The second kappa shape index (κ2) is 9.38. The number of ether oxygens (including phenoxy) is 2. The first-order chi connectivity index (χ1) is 16.1. The third-order valence-corrected chi connectivity index (χ3v) is 5.42. The van der Waals surface area contributed by atoms with Crippen molar-refractivity contribution in [3.63, 3.8) is 0 Å². The molecule has 2 amide bonds. The lowest BCUT2D eigenvalue weighted by atomic mass is 10.0. The maximum Gasteiger partial charge on any atom is 0.412 e. The van der Waals surface area contributed by atoms with Crippen LogP contribution in [0.15, 0.2) is 54.6 Å². The van der Waals surface area contributed by atoms with E-state index in [9.17, 15) is 18.4 Å². The predicted molar refractivity (Wildman–Crippen MR) is 125 cm³/mol. The van der Waals surface area contributed by atoms with Crippen molar-refractivity contribution in [1.29, 1.82) is 0 Å². The Hall–Kier alpha value is -3.52. The Morgan fingerprint density at radius 2 is 1.74 bits per heavy atom. The van der Waals surface area contributed by atoms with Gasteiger partial charge in [-0.2, -0.15) is 0 Å². The number of hydrogen-bond acceptors (Lipinski definition) is 4. The van der Waals surface area contributed by atoms with E-state index in [-0.39, 0.29) is 19.1 Å². The molecule has 4 rings (SSSR count). The van der Waals surface area contributed by atoms with Gasteiger partial charge in [-0.25, -0.2) is 13.6 Å². The average molecular weight is 469 g/mol. The second-order valence-corrected chi connectivity index (χ2v) is 9.16. The quantitative estimate of drug-likeness (QED) is 0.537. The topological polar surface area (TPSA) is 67.9 Å². The Morgan fingerprint density at radius 3 is 2.41 bits per heavy atom. The van der Waals surface area contributed by atoms with Gasteiger partial charge in [-0.15, -0.1) is 0 Å². The molecule has 34 heavy (non-hydrogen) atoms. The van der Waals surface area contributed by atoms with Gasteiger partial charge < -0.3 is 14.4 Å². The zero-order chi connectivity index (χ0) is 24.5. The minimum atomic E-state index is -0.970. The highest BCUT2D eigenvalue weighted by Crippen LogP contribution is 2.29. The molecule has 0 bridgehead atoms. The fourth-order valence-electron chi connectivity index (χ4n) is 3.85. The Bertz CT molecular complexity index is 1240. The molecule has 1 aliphatic heterocycles. The molecule has 1 N–H and O–H groups in total. The predicted octanol–water partition coefficient (Wildman–Crippen LogP) is 5.68. The molecule has 0 aromatic heterocycles. The molecule has 0 radical (unpaired) electrons. The SMILES string of the molecule is CC(C)(C)OC(=O)Nc1cc2ccccc2cc1C(=O)N1CCOC(c2ccc(F)c(F)c2)C1. The summed E-state index contributed by atoms with van der Waals surface area (Å²) in [6.45, 7) is 5.97. The first-order valence-corrected chi connectivity index (χ1v) is 11.0. The van der Waals surface area contributed by atoms with Crippen LogP contribution in [0.25, 0.3) is 10.8 Å². The van der Waals surface area contributed by atoms with Crippen LogP contribution >= 0.6 is 0 Å². The third kappa shape index (κ3) is 5.34. The molecule has 1 unspecified atom stereocenters. The van der Waals surface area contributed by atoms with Gasteiger partial charge in [0, 0.05) is 6.54 Å². The number of carbonyl (C=O) groups is 2. The third-order valence-electron chi connectivity index (χ3n) is 5.42. The zero-order valence-electron chi connectivity index (χ0n) is 19.2. The highest BCUT2D eigenvalue weighted by Gasteiger charge is 2.29. The largest absolute Gasteiger partial charge is 0.444 e. The standard InChI is InChI=1S/C26H26F2N2O4/c1-26(2,3)34-25(32)29-22-14-17-7-5-4-6-16(17)12-19(22)24(31)30-10-11-33-23(15-30)18-8-9-20(27)21(28)13-18/h4-9,12-14,23H,10-11,15H2,1-3H3,(H,29,32). The van der Waals surface area contributed by atoms with E-state index < -0.39 is 29.4 Å². The maximum absolute atomic E-state index is 13.7. The molecule has 1 saturated heterocycles. The Labute approximate surface area is 196 Å². The summed E-state index contributed by atoms with van der Waals surface area (Å²) in [5.41, 5.74) is 0.374. The molecule has 0 spiro atoms. The summed E-state index contributed by atoms with van der Waals surface area (Å²) in [4.78, 5) is 27.6. The number of anilines is 1. The number of hydrogen-bond donors (Lipinski definition) is 1. The molecule has 1 aliphatic rings. The van der Waals surface area contributed by atoms with Crippen molar-refractivity contribution in [1.82, 2.24) is 4.90 Å². The van der Waals surface area contributed by atoms with Gasteiger partial charge in [0.25, 0.3) is 5.91 Å². The number of nitrogens with one attached hydrogen (secondary N) is 1. The van der Waals surface area contributed by atoms with Crippen LogP contribution < -0.4 is 5.32 Å². The highest BCUT2D eigenvalue weighted by molar-refractivity contribution is 6.07. The highest BCUT2D eigenvalue weighted by atomic mass is 19.2. The molecule has 1 atom stereocenters. The Kier molecular flexibility index (Phi) is 6.52. The summed E-state index contributed by atoms with van der Waals surface area (Å²) >= 11 is 0. The minimum Gasteiger partial charge on any atom is -0.444 e. The molecule has 3 aromatic rings. The van der Waals surface area contributed by atoms with E-state index in [2.05, 4.69) is 5.32 Å². The first kappa shape index (κ1) is 23.6. The lowest BCUT2D eigenvalue weighted by Crippen LogP contribution is -2.42. The van der Waals surface area contributed by atoms with Crippen LogP contribution in [0.5, 0.6) is 0 Å². The number of halogens is 2. The number of morpholine rings is 1. The van der Waals surface area contributed by atoms with Gasteiger partial charge in [0.2, 0.25) is 0 Å². The lowest BCUT2D eigenvalue weighted by Gasteiger charge is -2.33. The summed E-state index contributed by atoms with van der Waals surface area (Å²) in [6, 6.07) is 14.5. The van der Waals surface area contributed by atoms with Gasteiger partial charge >= 0.3 is 6.09 Å². The zero-order valence-corrected chi connectivity index (χ0v) is 19.2. The van der Waals surface area contributed by atoms with Crippen LogP contribution in [-0.4, -0.2) is 42.2 Å². The van der Waals surface area contributed by atoms with Crippen LogP contribution in [-0.2, 0) is 9.47 Å². The van der Waals surface area contributed by atoms with E-state index in [4.69, 9.17) is 9.47 Å². The van der Waals surface area contributed by atoms with Gasteiger partial charge in [-0.3, -0.25) is 10.1 Å². The molecule has 0 aliphatic carbocycles. The van der Waals surface area contributed by atoms with E-state index in [1.807, 2.05) is 24.3 Å². The molecule has 0 saturated carbocycles. The number of fused-ring (bicyclic) bond motifs is 1. The number of amides is 2. The van der Waals surface area contributed by atoms with Crippen LogP contribution in [0, 0.1) is 11.6 Å². The van der Waals surface area contributed by atoms with E-state index in [1.54, 1.807) is 37.8 Å². The van der Waals surface area contributed by atoms with Crippen molar-refractivity contribution in [2.75, 3.05) is 25.0 Å². The smallest absolute Gasteiger partial charge is 0.412 e. The fraction of sp³-hybridized carbons (Fsp3) is 0.308. The van der Waals surface area contributed by atoms with Gasteiger partial charge in [0.15, 0.2) is 11.6 Å². The van der Waals surface area contributed by atoms with Gasteiger partial charge in [-0.1, -0.05) is 30.3 Å². The number of rotatable bonds is 3. The molecule has 1 heterocycles. The van der Waals surface area contributed by atoms with Crippen molar-refractivity contribution in [2.24, 2.45) is 0 Å². The summed E-state index contributed by atoms with van der Waals surface area (Å²) in [7, 11) is 0. The van der Waals surface area contributed by atoms with Gasteiger partial charge in [-0.05, 0) is 61.4 Å². The monoisotopic (exact) mass is 468 g/mol. The van der Waals surface area contributed by atoms with Crippen molar-refractivity contribution < 1.29 is 27.8 Å². The Morgan fingerprint density at radius 1 is 1.03 bits per heavy atom. The van der Waals surface area contributed by atoms with E-state index >= 15 is 0 Å². The molecule has 3 aromatic carbocycles. The second-order valence-electron chi connectivity index (χ2n) is 9.16. The van der Waals surface area contributed by atoms with E-state index in [0.717, 1.165) is 22.9 Å². The number of benzene rings is 3. The van der Waals surface area contributed by atoms with E-state index in [0.29, 0.717) is 23.4 Å². The summed E-state index contributed by atoms with van der Waals surface area (Å²) in [5, 5.41) is 4.40. The summed E-state index contributed by atoms with van der Waals surface area (Å²) < 4.78 is 38.2. The van der Waals surface area contributed by atoms with Crippen LogP contribution in [0.4, 0.5) is 19.3 Å². The summed E-state index contributed by atoms with van der Waals surface area (Å²) in [6.07, 6.45) is -1.27. The normalized spacial score (nSPS) is 16.4. The summed E-state index contributed by atoms with van der Waals surface area (Å²) in [5.74, 6) is -2.22. The fourth-order valence-corrected chi connectivity index (χ4v) is 3.85. The Balaban J connectivity index is 1.63. The maximum atomic E-state index is 13.7. The molecule has 178 valence electrons. The first-order valence-electron chi connectivity index (χ1n) is 11.0. The van der Waals surface area contributed by atoms with Crippen molar-refractivity contribution in [3.8, 4) is 0 Å². The van der Waals surface area contributed by atoms with Crippen molar-refractivity contribution in [2.45, 2.75) is 32.5 Å². The molecule has 8 heteroatoms. The van der Waals surface area contributed by atoms with Crippen molar-refractivity contribution >= 4 is 28.5 Å². The molecule has 6 nitrogen and oxygen atoms in total. The van der Waals surface area contributed by atoms with Gasteiger partial charge in [0.1, 0.15) is 11.7 Å². The van der Waals surface area contributed by atoms with Crippen LogP contribution in [0.3, 0.4) is 0 Å². The lowest BCUT2D eigenvalue weighted by molar-refractivity contribution is -0.0229.